The van der Waals surface area contributed by atoms with Crippen molar-refractivity contribution in [1.29, 1.82) is 0 Å². The molecule has 1 aromatic rings. The van der Waals surface area contributed by atoms with Crippen LogP contribution in [0.1, 0.15) is 24.5 Å². The average molecular weight is 363 g/mol. The van der Waals surface area contributed by atoms with Crippen molar-refractivity contribution in [3.8, 4) is 0 Å². The normalized spacial score (nSPS) is 27.0. The molecule has 0 bridgehead atoms. The summed E-state index contributed by atoms with van der Waals surface area (Å²) in [5.41, 5.74) is 6.08. The summed E-state index contributed by atoms with van der Waals surface area (Å²) in [4.78, 5) is 14.2. The molecular weight excluding hydrogens is 342 g/mol. The smallest absolute Gasteiger partial charge is 0.251 e. The Labute approximate surface area is 145 Å². The van der Waals surface area contributed by atoms with Crippen molar-refractivity contribution < 1.29 is 23.0 Å². The van der Waals surface area contributed by atoms with Crippen LogP contribution >= 0.6 is 12.4 Å². The van der Waals surface area contributed by atoms with Crippen LogP contribution in [0.5, 0.6) is 0 Å². The molecule has 0 aliphatic carbocycles. The molecule has 0 spiro atoms. The number of halogens is 3. The monoisotopic (exact) mass is 362 g/mol. The number of morpholine rings is 1. The van der Waals surface area contributed by atoms with Gasteiger partial charge < -0.3 is 20.1 Å². The second-order valence-electron chi connectivity index (χ2n) is 5.88. The fourth-order valence-corrected chi connectivity index (χ4v) is 3.03. The minimum absolute atomic E-state index is 0. The Bertz CT molecular complexity index is 590. The van der Waals surface area contributed by atoms with Crippen molar-refractivity contribution in [2.24, 2.45) is 5.73 Å². The summed E-state index contributed by atoms with van der Waals surface area (Å²) in [5.74, 6) is -1.90. The molecule has 3 atom stereocenters. The molecule has 2 N–H and O–H groups in total. The molecule has 0 radical (unpaired) electrons. The molecule has 1 aromatic carbocycles. The van der Waals surface area contributed by atoms with E-state index in [0.29, 0.717) is 38.2 Å². The number of carbonyl (C=O) groups excluding carboxylic acids is 1. The maximum Gasteiger partial charge on any atom is 0.251 e. The molecule has 2 heterocycles. The number of nitrogens with zero attached hydrogens (tertiary/aromatic N) is 1. The van der Waals surface area contributed by atoms with Crippen LogP contribution in [0.4, 0.5) is 8.78 Å². The van der Waals surface area contributed by atoms with Crippen LogP contribution in [0.3, 0.4) is 0 Å². The van der Waals surface area contributed by atoms with Gasteiger partial charge in [-0.05, 0) is 30.5 Å². The zero-order valence-electron chi connectivity index (χ0n) is 13.1. The number of benzene rings is 1. The van der Waals surface area contributed by atoms with Gasteiger partial charge in [-0.2, -0.15) is 0 Å². The van der Waals surface area contributed by atoms with Crippen LogP contribution in [0.2, 0.25) is 0 Å². The third kappa shape index (κ3) is 4.03. The van der Waals surface area contributed by atoms with E-state index in [1.165, 1.54) is 6.07 Å². The lowest BCUT2D eigenvalue weighted by Crippen LogP contribution is -2.46. The first-order valence-corrected chi connectivity index (χ1v) is 7.79. The van der Waals surface area contributed by atoms with Crippen LogP contribution in [-0.4, -0.2) is 49.3 Å². The first-order valence-electron chi connectivity index (χ1n) is 7.79. The highest BCUT2D eigenvalue weighted by Crippen LogP contribution is 2.26. The summed E-state index contributed by atoms with van der Waals surface area (Å²) in [5, 5.41) is 0. The second kappa shape index (κ2) is 8.20. The van der Waals surface area contributed by atoms with Crippen molar-refractivity contribution >= 4 is 18.3 Å². The van der Waals surface area contributed by atoms with Crippen LogP contribution in [0, 0.1) is 11.6 Å². The van der Waals surface area contributed by atoms with Crippen LogP contribution < -0.4 is 5.73 Å². The van der Waals surface area contributed by atoms with Gasteiger partial charge in [-0.1, -0.05) is 6.07 Å². The molecule has 0 aromatic heterocycles. The lowest BCUT2D eigenvalue weighted by atomic mass is 10.1. The van der Waals surface area contributed by atoms with E-state index < -0.39 is 23.8 Å². The highest BCUT2D eigenvalue weighted by molar-refractivity contribution is 5.85. The Morgan fingerprint density at radius 2 is 2.08 bits per heavy atom. The highest BCUT2D eigenvalue weighted by atomic mass is 35.5. The molecule has 0 saturated carbocycles. The molecule has 8 heteroatoms. The van der Waals surface area contributed by atoms with Crippen molar-refractivity contribution in [2.75, 3.05) is 26.2 Å². The maximum absolute atomic E-state index is 13.4. The number of hydrogen-bond donors (Lipinski definition) is 1. The molecular formula is C16H21ClF2N2O3. The molecule has 2 aliphatic heterocycles. The molecule has 2 aliphatic rings. The van der Waals surface area contributed by atoms with E-state index >= 15 is 0 Å². The van der Waals surface area contributed by atoms with Gasteiger partial charge >= 0.3 is 0 Å². The van der Waals surface area contributed by atoms with Crippen molar-refractivity contribution in [2.45, 2.75) is 31.2 Å². The van der Waals surface area contributed by atoms with Gasteiger partial charge in [0.25, 0.3) is 5.91 Å². The molecule has 1 amide bonds. The molecule has 2 fully saturated rings. The van der Waals surface area contributed by atoms with Gasteiger partial charge in [0.15, 0.2) is 11.6 Å². The van der Waals surface area contributed by atoms with Gasteiger partial charge in [0.2, 0.25) is 0 Å². The quantitative estimate of drug-likeness (QED) is 0.890. The number of rotatable bonds is 3. The summed E-state index contributed by atoms with van der Waals surface area (Å²) in [7, 11) is 0. The number of carbonyl (C=O) groups is 1. The predicted molar refractivity (Wildman–Crippen MR) is 85.8 cm³/mol. The predicted octanol–water partition coefficient (Wildman–Crippen LogP) is 1.79. The van der Waals surface area contributed by atoms with E-state index in [9.17, 15) is 13.6 Å². The van der Waals surface area contributed by atoms with E-state index in [2.05, 4.69) is 0 Å². The third-order valence-electron chi connectivity index (χ3n) is 4.34. The summed E-state index contributed by atoms with van der Waals surface area (Å²) >= 11 is 0. The Morgan fingerprint density at radius 1 is 1.29 bits per heavy atom. The maximum atomic E-state index is 13.4. The van der Waals surface area contributed by atoms with Crippen molar-refractivity contribution in [3.63, 3.8) is 0 Å². The lowest BCUT2D eigenvalue weighted by molar-refractivity contribution is -0.150. The summed E-state index contributed by atoms with van der Waals surface area (Å²) in [6.07, 6.45) is 0.450. The topological polar surface area (TPSA) is 64.8 Å². The standard InChI is InChI=1S/C16H20F2N2O3.ClH/c17-12-3-1-10(7-13(12)18)15-9-20(5-6-22-15)16(21)14-4-2-11(8-19)23-14;/h1,3,7,11,14-15H,2,4-6,8-9,19H2;1H/t11-,14+,15?;/m1./s1. The van der Waals surface area contributed by atoms with E-state index in [1.807, 2.05) is 0 Å². The minimum Gasteiger partial charge on any atom is -0.370 e. The van der Waals surface area contributed by atoms with Crippen LogP contribution in [0.25, 0.3) is 0 Å². The van der Waals surface area contributed by atoms with Crippen molar-refractivity contribution in [3.05, 3.63) is 35.4 Å². The fourth-order valence-electron chi connectivity index (χ4n) is 3.03. The van der Waals surface area contributed by atoms with Gasteiger partial charge in [-0.15, -0.1) is 12.4 Å². The summed E-state index contributed by atoms with van der Waals surface area (Å²) < 4.78 is 37.6. The molecule has 2 saturated heterocycles. The van der Waals surface area contributed by atoms with Gasteiger partial charge in [0.1, 0.15) is 12.2 Å². The van der Waals surface area contributed by atoms with Gasteiger partial charge in [0.05, 0.1) is 19.3 Å². The number of amides is 1. The first-order chi connectivity index (χ1) is 11.1. The average Bonchev–Trinajstić information content (AvgIpc) is 3.06. The minimum atomic E-state index is -0.917. The highest BCUT2D eigenvalue weighted by Gasteiger charge is 2.35. The zero-order chi connectivity index (χ0) is 16.4. The molecule has 1 unspecified atom stereocenters. The number of nitrogens with two attached hydrogens (primary N) is 1. The molecule has 134 valence electrons. The number of ether oxygens (including phenoxy) is 2. The third-order valence-corrected chi connectivity index (χ3v) is 4.34. The lowest BCUT2D eigenvalue weighted by Gasteiger charge is -2.34. The van der Waals surface area contributed by atoms with Gasteiger partial charge in [-0.3, -0.25) is 4.79 Å². The molecule has 24 heavy (non-hydrogen) atoms. The molecule has 5 nitrogen and oxygen atoms in total. The Balaban J connectivity index is 0.00000208. The van der Waals surface area contributed by atoms with Crippen LogP contribution in [-0.2, 0) is 14.3 Å². The Morgan fingerprint density at radius 3 is 2.75 bits per heavy atom. The van der Waals surface area contributed by atoms with E-state index in [1.54, 1.807) is 4.90 Å². The van der Waals surface area contributed by atoms with Gasteiger partial charge in [0, 0.05) is 13.1 Å². The number of hydrogen-bond acceptors (Lipinski definition) is 4. The fraction of sp³-hybridized carbons (Fsp3) is 0.562. The SMILES string of the molecule is Cl.NC[C@H]1CC[C@@H](C(=O)N2CCOC(c3ccc(F)c(F)c3)C2)O1. The van der Waals surface area contributed by atoms with E-state index in [0.717, 1.165) is 18.6 Å². The first kappa shape index (κ1) is 19.1. The molecule has 3 rings (SSSR count). The van der Waals surface area contributed by atoms with Crippen molar-refractivity contribution in [1.82, 2.24) is 4.90 Å². The van der Waals surface area contributed by atoms with Gasteiger partial charge in [-0.25, -0.2) is 8.78 Å². The zero-order valence-corrected chi connectivity index (χ0v) is 13.9. The van der Waals surface area contributed by atoms with Crippen LogP contribution in [0.15, 0.2) is 18.2 Å². The summed E-state index contributed by atoms with van der Waals surface area (Å²) in [6, 6.07) is 3.67. The van der Waals surface area contributed by atoms with E-state index in [-0.39, 0.29) is 24.4 Å². The Kier molecular flexibility index (Phi) is 6.51. The second-order valence-corrected chi connectivity index (χ2v) is 5.88. The largest absolute Gasteiger partial charge is 0.370 e. The van der Waals surface area contributed by atoms with E-state index in [4.69, 9.17) is 15.2 Å². The Hall–Kier alpha value is -1.28. The summed E-state index contributed by atoms with van der Waals surface area (Å²) in [6.45, 7) is 1.52.